The number of amides is 1. The van der Waals surface area contributed by atoms with E-state index in [2.05, 4.69) is 0 Å². The Kier molecular flexibility index (Phi) is 6.19. The summed E-state index contributed by atoms with van der Waals surface area (Å²) < 4.78 is 28.5. The van der Waals surface area contributed by atoms with E-state index in [1.807, 2.05) is 19.0 Å². The number of carbonyl (C=O) groups is 1. The van der Waals surface area contributed by atoms with Crippen LogP contribution < -0.4 is 0 Å². The van der Waals surface area contributed by atoms with Crippen molar-refractivity contribution in [3.8, 4) is 0 Å². The first-order chi connectivity index (χ1) is 10.4. The van der Waals surface area contributed by atoms with Crippen LogP contribution in [-0.4, -0.2) is 92.6 Å². The molecule has 0 aromatic heterocycles. The first-order valence-electron chi connectivity index (χ1n) is 8.09. The average Bonchev–Trinajstić information content (AvgIpc) is 2.76. The summed E-state index contributed by atoms with van der Waals surface area (Å²) in [5.41, 5.74) is 0. The van der Waals surface area contributed by atoms with Gasteiger partial charge in [-0.15, -0.1) is 0 Å². The summed E-state index contributed by atoms with van der Waals surface area (Å²) in [6, 6.07) is 0. The normalized spacial score (nSPS) is 22.8. The SMILES string of the molecule is CN(C)CC(=O)N1CCN(S(=O)(=O)N2CCCCCC2)CC1. The third kappa shape index (κ3) is 4.41. The maximum absolute atomic E-state index is 12.7. The smallest absolute Gasteiger partial charge is 0.282 e. The van der Waals surface area contributed by atoms with E-state index in [1.54, 1.807) is 9.21 Å². The molecule has 128 valence electrons. The molecule has 2 saturated heterocycles. The molecule has 0 aromatic carbocycles. The van der Waals surface area contributed by atoms with Crippen LogP contribution in [0, 0.1) is 0 Å². The van der Waals surface area contributed by atoms with Crippen molar-refractivity contribution in [3.63, 3.8) is 0 Å². The van der Waals surface area contributed by atoms with Crippen LogP contribution in [0.1, 0.15) is 25.7 Å². The Labute approximate surface area is 134 Å². The molecule has 0 radical (unpaired) electrons. The van der Waals surface area contributed by atoms with Crippen molar-refractivity contribution >= 4 is 16.1 Å². The summed E-state index contributed by atoms with van der Waals surface area (Å²) in [5, 5.41) is 0. The topological polar surface area (TPSA) is 64.2 Å². The fraction of sp³-hybridized carbons (Fsp3) is 0.929. The lowest BCUT2D eigenvalue weighted by atomic mass is 10.2. The Hall–Kier alpha value is -0.700. The summed E-state index contributed by atoms with van der Waals surface area (Å²) in [6.07, 6.45) is 4.11. The molecule has 2 aliphatic rings. The maximum Gasteiger partial charge on any atom is 0.282 e. The highest BCUT2D eigenvalue weighted by molar-refractivity contribution is 7.86. The number of hydrogen-bond donors (Lipinski definition) is 0. The molecule has 22 heavy (non-hydrogen) atoms. The molecule has 0 bridgehead atoms. The molecule has 0 saturated carbocycles. The molecule has 0 aromatic rings. The summed E-state index contributed by atoms with van der Waals surface area (Å²) in [5.74, 6) is 0.0665. The largest absolute Gasteiger partial charge is 0.339 e. The van der Waals surface area contributed by atoms with Crippen molar-refractivity contribution in [1.29, 1.82) is 0 Å². The summed E-state index contributed by atoms with van der Waals surface area (Å²) in [4.78, 5) is 15.6. The second-order valence-corrected chi connectivity index (χ2v) is 8.27. The van der Waals surface area contributed by atoms with E-state index in [4.69, 9.17) is 0 Å². The van der Waals surface area contributed by atoms with E-state index in [9.17, 15) is 13.2 Å². The van der Waals surface area contributed by atoms with Crippen molar-refractivity contribution in [2.45, 2.75) is 25.7 Å². The van der Waals surface area contributed by atoms with Gasteiger partial charge < -0.3 is 9.80 Å². The van der Waals surface area contributed by atoms with Gasteiger partial charge in [0.2, 0.25) is 5.91 Å². The van der Waals surface area contributed by atoms with Gasteiger partial charge >= 0.3 is 0 Å². The zero-order chi connectivity index (χ0) is 16.2. The van der Waals surface area contributed by atoms with Gasteiger partial charge in [-0.25, -0.2) is 0 Å². The standard InChI is InChI=1S/C14H28N4O3S/c1-15(2)13-14(19)16-9-11-18(12-10-16)22(20,21)17-7-5-3-4-6-8-17/h3-13H2,1-2H3. The van der Waals surface area contributed by atoms with Crippen molar-refractivity contribution in [2.24, 2.45) is 0 Å². The predicted molar refractivity (Wildman–Crippen MR) is 85.7 cm³/mol. The Morgan fingerprint density at radius 3 is 1.86 bits per heavy atom. The molecule has 0 spiro atoms. The monoisotopic (exact) mass is 332 g/mol. The lowest BCUT2D eigenvalue weighted by Crippen LogP contribution is -2.55. The van der Waals surface area contributed by atoms with Crippen LogP contribution in [0.5, 0.6) is 0 Å². The number of hydrogen-bond acceptors (Lipinski definition) is 4. The third-order valence-corrected chi connectivity index (χ3v) is 6.30. The minimum absolute atomic E-state index is 0.0665. The van der Waals surface area contributed by atoms with Crippen molar-refractivity contribution < 1.29 is 13.2 Å². The molecule has 0 N–H and O–H groups in total. The average molecular weight is 332 g/mol. The molecule has 8 heteroatoms. The summed E-state index contributed by atoms with van der Waals surface area (Å²) in [7, 11) is 0.356. The predicted octanol–water partition coefficient (Wildman–Crippen LogP) is -0.187. The Balaban J connectivity index is 1.91. The molecule has 2 aliphatic heterocycles. The minimum Gasteiger partial charge on any atom is -0.339 e. The zero-order valence-corrected chi connectivity index (χ0v) is 14.5. The number of likely N-dealkylation sites (N-methyl/N-ethyl adjacent to an activating group) is 1. The van der Waals surface area contributed by atoms with E-state index in [0.717, 1.165) is 25.7 Å². The highest BCUT2D eigenvalue weighted by Gasteiger charge is 2.33. The third-order valence-electron chi connectivity index (χ3n) is 4.26. The van der Waals surface area contributed by atoms with Crippen LogP contribution >= 0.6 is 0 Å². The van der Waals surface area contributed by atoms with Crippen LogP contribution in [0.25, 0.3) is 0 Å². The molecular weight excluding hydrogens is 304 g/mol. The number of nitrogens with zero attached hydrogens (tertiary/aromatic N) is 4. The lowest BCUT2D eigenvalue weighted by Gasteiger charge is -2.36. The molecule has 2 fully saturated rings. The highest BCUT2D eigenvalue weighted by Crippen LogP contribution is 2.18. The first kappa shape index (κ1) is 17.7. The molecule has 0 aliphatic carbocycles. The van der Waals surface area contributed by atoms with Crippen LogP contribution in [-0.2, 0) is 15.0 Å². The fourth-order valence-electron chi connectivity index (χ4n) is 2.97. The fourth-order valence-corrected chi connectivity index (χ4v) is 4.65. The van der Waals surface area contributed by atoms with Crippen molar-refractivity contribution in [2.75, 3.05) is 59.9 Å². The van der Waals surface area contributed by atoms with Crippen LogP contribution in [0.15, 0.2) is 0 Å². The molecule has 0 atom stereocenters. The van der Waals surface area contributed by atoms with E-state index in [1.165, 1.54) is 4.31 Å². The Morgan fingerprint density at radius 2 is 1.36 bits per heavy atom. The Morgan fingerprint density at radius 1 is 0.864 bits per heavy atom. The minimum atomic E-state index is -3.36. The van der Waals surface area contributed by atoms with Gasteiger partial charge in [-0.3, -0.25) is 4.79 Å². The number of rotatable bonds is 4. The summed E-state index contributed by atoms with van der Waals surface area (Å²) in [6.45, 7) is 3.40. The quantitative estimate of drug-likeness (QED) is 0.716. The van der Waals surface area contributed by atoms with Crippen LogP contribution in [0.3, 0.4) is 0 Å². The van der Waals surface area contributed by atoms with Gasteiger partial charge in [0.15, 0.2) is 0 Å². The van der Waals surface area contributed by atoms with Crippen molar-refractivity contribution in [1.82, 2.24) is 18.4 Å². The molecule has 2 rings (SSSR count). The van der Waals surface area contributed by atoms with Crippen molar-refractivity contribution in [3.05, 3.63) is 0 Å². The highest BCUT2D eigenvalue weighted by atomic mass is 32.2. The summed E-state index contributed by atoms with van der Waals surface area (Å²) >= 11 is 0. The number of carbonyl (C=O) groups excluding carboxylic acids is 1. The van der Waals surface area contributed by atoms with Gasteiger partial charge in [-0.05, 0) is 26.9 Å². The molecule has 7 nitrogen and oxygen atoms in total. The first-order valence-corrected chi connectivity index (χ1v) is 9.48. The van der Waals surface area contributed by atoms with Gasteiger partial charge in [0.05, 0.1) is 6.54 Å². The van der Waals surface area contributed by atoms with Gasteiger partial charge in [-0.1, -0.05) is 12.8 Å². The van der Waals surface area contributed by atoms with Gasteiger partial charge in [-0.2, -0.15) is 17.0 Å². The molecule has 1 amide bonds. The Bertz CT molecular complexity index is 464. The second-order valence-electron chi connectivity index (χ2n) is 6.34. The maximum atomic E-state index is 12.7. The molecular formula is C14H28N4O3S. The van der Waals surface area contributed by atoms with Gasteiger partial charge in [0, 0.05) is 39.3 Å². The second kappa shape index (κ2) is 7.72. The van der Waals surface area contributed by atoms with Crippen LogP contribution in [0.2, 0.25) is 0 Å². The number of piperazine rings is 1. The van der Waals surface area contributed by atoms with E-state index >= 15 is 0 Å². The van der Waals surface area contributed by atoms with Crippen LogP contribution in [0.4, 0.5) is 0 Å². The van der Waals surface area contributed by atoms with E-state index < -0.39 is 10.2 Å². The molecule has 2 heterocycles. The van der Waals surface area contributed by atoms with Gasteiger partial charge in [0.1, 0.15) is 0 Å². The van der Waals surface area contributed by atoms with E-state index in [-0.39, 0.29) is 5.91 Å². The lowest BCUT2D eigenvalue weighted by molar-refractivity contribution is -0.133. The molecule has 0 unspecified atom stereocenters. The van der Waals surface area contributed by atoms with Gasteiger partial charge in [0.25, 0.3) is 10.2 Å². The van der Waals surface area contributed by atoms with E-state index in [0.29, 0.717) is 45.8 Å². The zero-order valence-electron chi connectivity index (χ0n) is 13.7.